The molecule has 0 atom stereocenters. The van der Waals surface area contributed by atoms with Crippen molar-refractivity contribution < 1.29 is 4.79 Å². The van der Waals surface area contributed by atoms with Crippen molar-refractivity contribution in [1.82, 2.24) is 15.1 Å². The van der Waals surface area contributed by atoms with Crippen LogP contribution in [0.15, 0.2) is 0 Å². The van der Waals surface area contributed by atoms with Crippen molar-refractivity contribution in [3.63, 3.8) is 0 Å². The van der Waals surface area contributed by atoms with Crippen LogP contribution in [-0.4, -0.2) is 21.2 Å². The Kier molecular flexibility index (Phi) is 3.60. The van der Waals surface area contributed by atoms with Crippen LogP contribution in [0, 0.1) is 6.92 Å². The highest BCUT2D eigenvalue weighted by molar-refractivity contribution is 6.31. The normalized spacial score (nSPS) is 11.8. The highest BCUT2D eigenvalue weighted by Crippen LogP contribution is 2.19. The Bertz CT molecular complexity index is 411. The fraction of sp³-hybridized carbons (Fsp3) is 0.600. The van der Waals surface area contributed by atoms with E-state index in [0.29, 0.717) is 11.6 Å². The van der Waals surface area contributed by atoms with Gasteiger partial charge in [-0.25, -0.2) is 0 Å². The molecule has 0 aliphatic carbocycles. The lowest BCUT2D eigenvalue weighted by molar-refractivity contribution is -0.123. The number of nitrogens with one attached hydrogen (secondary N) is 1. The number of hydrogen-bond donors (Lipinski definition) is 2. The van der Waals surface area contributed by atoms with Gasteiger partial charge < -0.3 is 5.73 Å². The summed E-state index contributed by atoms with van der Waals surface area (Å²) in [4.78, 5) is 11.1. The fourth-order valence-corrected chi connectivity index (χ4v) is 1.49. The van der Waals surface area contributed by atoms with E-state index in [0.717, 1.165) is 11.4 Å². The van der Waals surface area contributed by atoms with E-state index in [1.165, 1.54) is 0 Å². The number of carbonyl (C=O) groups is 1. The van der Waals surface area contributed by atoms with Gasteiger partial charge in [-0.05, 0) is 20.8 Å². The fourth-order valence-electron chi connectivity index (χ4n) is 1.26. The molecule has 0 aliphatic heterocycles. The highest BCUT2D eigenvalue weighted by atomic mass is 35.5. The molecule has 0 aliphatic rings. The zero-order valence-corrected chi connectivity index (χ0v) is 10.7. The third kappa shape index (κ3) is 2.54. The molecule has 3 N–H and O–H groups in total. The molecule has 0 saturated carbocycles. The van der Waals surface area contributed by atoms with Crippen molar-refractivity contribution >= 4 is 17.5 Å². The lowest BCUT2D eigenvalue weighted by atomic mass is 10.1. The molecule has 90 valence electrons. The number of hydrogen-bond acceptors (Lipinski definition) is 3. The maximum absolute atomic E-state index is 11.1. The molecule has 0 aromatic carbocycles. The number of primary amides is 1. The summed E-state index contributed by atoms with van der Waals surface area (Å²) in [6, 6.07) is 0. The SMILES string of the molecule is Cc1nn(C)c(CNC(C)(C)C(N)=O)c1Cl. The van der Waals surface area contributed by atoms with Gasteiger partial charge in [0.05, 0.1) is 21.9 Å². The first kappa shape index (κ1) is 13.0. The predicted octanol–water partition coefficient (Wildman–Crippen LogP) is 0.735. The van der Waals surface area contributed by atoms with Crippen molar-refractivity contribution in [2.24, 2.45) is 12.8 Å². The number of halogens is 1. The van der Waals surface area contributed by atoms with Crippen molar-refractivity contribution in [1.29, 1.82) is 0 Å². The predicted molar refractivity (Wildman–Crippen MR) is 63.1 cm³/mol. The molecule has 1 rings (SSSR count). The summed E-state index contributed by atoms with van der Waals surface area (Å²) in [5, 5.41) is 7.86. The molecule has 1 aromatic rings. The Labute approximate surface area is 99.9 Å². The molecule has 0 bridgehead atoms. The van der Waals surface area contributed by atoms with E-state index in [2.05, 4.69) is 10.4 Å². The van der Waals surface area contributed by atoms with E-state index >= 15 is 0 Å². The van der Waals surface area contributed by atoms with Crippen LogP contribution in [0.3, 0.4) is 0 Å². The molecule has 1 amide bonds. The maximum Gasteiger partial charge on any atom is 0.237 e. The first-order valence-electron chi connectivity index (χ1n) is 4.98. The number of nitrogens with zero attached hydrogens (tertiary/aromatic N) is 2. The second-order valence-corrected chi connectivity index (χ2v) is 4.69. The minimum Gasteiger partial charge on any atom is -0.368 e. The Hall–Kier alpha value is -1.07. The van der Waals surface area contributed by atoms with E-state index in [1.807, 2.05) is 14.0 Å². The molecule has 0 radical (unpaired) electrons. The van der Waals surface area contributed by atoms with E-state index in [-0.39, 0.29) is 0 Å². The monoisotopic (exact) mass is 244 g/mol. The molecule has 0 saturated heterocycles. The van der Waals surface area contributed by atoms with Crippen LogP contribution in [0.25, 0.3) is 0 Å². The first-order chi connectivity index (χ1) is 7.25. The highest BCUT2D eigenvalue weighted by Gasteiger charge is 2.25. The largest absolute Gasteiger partial charge is 0.368 e. The Balaban J connectivity index is 2.79. The second kappa shape index (κ2) is 4.43. The molecule has 0 fully saturated rings. The first-order valence-corrected chi connectivity index (χ1v) is 5.36. The van der Waals surface area contributed by atoms with Crippen molar-refractivity contribution in [2.75, 3.05) is 0 Å². The van der Waals surface area contributed by atoms with Crippen molar-refractivity contribution in [3.8, 4) is 0 Å². The van der Waals surface area contributed by atoms with E-state index in [1.54, 1.807) is 18.5 Å². The third-order valence-corrected chi connectivity index (χ3v) is 3.07. The van der Waals surface area contributed by atoms with Crippen LogP contribution in [0.1, 0.15) is 25.2 Å². The van der Waals surface area contributed by atoms with Crippen molar-refractivity contribution in [2.45, 2.75) is 32.9 Å². The standard InChI is InChI=1S/C10H17ClN4O/c1-6-8(11)7(15(4)14-6)5-13-10(2,3)9(12)16/h13H,5H2,1-4H3,(H2,12,16). The molecule has 1 heterocycles. The summed E-state index contributed by atoms with van der Waals surface area (Å²) in [6.07, 6.45) is 0. The van der Waals surface area contributed by atoms with Gasteiger partial charge in [0, 0.05) is 13.6 Å². The van der Waals surface area contributed by atoms with E-state index in [4.69, 9.17) is 17.3 Å². The zero-order valence-electron chi connectivity index (χ0n) is 9.97. The van der Waals surface area contributed by atoms with Gasteiger partial charge in [-0.15, -0.1) is 0 Å². The summed E-state index contributed by atoms with van der Waals surface area (Å²) in [7, 11) is 1.81. The number of carbonyl (C=O) groups excluding carboxylic acids is 1. The van der Waals surface area contributed by atoms with Gasteiger partial charge in [-0.3, -0.25) is 14.8 Å². The molecule has 16 heavy (non-hydrogen) atoms. The maximum atomic E-state index is 11.1. The number of aromatic nitrogens is 2. The summed E-state index contributed by atoms with van der Waals surface area (Å²) in [5.74, 6) is -0.400. The van der Waals surface area contributed by atoms with Gasteiger partial charge >= 0.3 is 0 Å². The lowest BCUT2D eigenvalue weighted by Gasteiger charge is -2.22. The second-order valence-electron chi connectivity index (χ2n) is 4.31. The van der Waals surface area contributed by atoms with Crippen LogP contribution in [0.5, 0.6) is 0 Å². The summed E-state index contributed by atoms with van der Waals surface area (Å²) >= 11 is 6.08. The van der Waals surface area contributed by atoms with E-state index < -0.39 is 11.4 Å². The molecule has 0 spiro atoms. The summed E-state index contributed by atoms with van der Waals surface area (Å²) in [5.41, 5.74) is 6.11. The van der Waals surface area contributed by atoms with Gasteiger partial charge in [0.25, 0.3) is 0 Å². The van der Waals surface area contributed by atoms with Crippen molar-refractivity contribution in [3.05, 3.63) is 16.4 Å². The molecular weight excluding hydrogens is 228 g/mol. The molecular formula is C10H17ClN4O. The Morgan fingerprint density at radius 2 is 2.19 bits per heavy atom. The molecule has 6 heteroatoms. The van der Waals surface area contributed by atoms with Crippen LogP contribution in [0.2, 0.25) is 5.02 Å². The smallest absolute Gasteiger partial charge is 0.237 e. The zero-order chi connectivity index (χ0) is 12.5. The summed E-state index contributed by atoms with van der Waals surface area (Å²) in [6.45, 7) is 5.75. The summed E-state index contributed by atoms with van der Waals surface area (Å²) < 4.78 is 1.70. The number of rotatable bonds is 4. The Morgan fingerprint density at radius 1 is 1.62 bits per heavy atom. The van der Waals surface area contributed by atoms with Gasteiger partial charge in [0.2, 0.25) is 5.91 Å². The Morgan fingerprint density at radius 3 is 2.56 bits per heavy atom. The minimum atomic E-state index is -0.762. The van der Waals surface area contributed by atoms with Gasteiger partial charge in [-0.2, -0.15) is 5.10 Å². The average Bonchev–Trinajstić information content (AvgIpc) is 2.39. The van der Waals surface area contributed by atoms with Crippen LogP contribution >= 0.6 is 11.6 Å². The van der Waals surface area contributed by atoms with Crippen LogP contribution in [-0.2, 0) is 18.4 Å². The average molecular weight is 245 g/mol. The molecule has 0 unspecified atom stereocenters. The molecule has 5 nitrogen and oxygen atoms in total. The number of nitrogens with two attached hydrogens (primary N) is 1. The third-order valence-electron chi connectivity index (χ3n) is 2.58. The lowest BCUT2D eigenvalue weighted by Crippen LogP contribution is -2.50. The number of amides is 1. The van der Waals surface area contributed by atoms with Crippen LogP contribution < -0.4 is 11.1 Å². The molecule has 1 aromatic heterocycles. The van der Waals surface area contributed by atoms with Gasteiger partial charge in [0.15, 0.2) is 0 Å². The van der Waals surface area contributed by atoms with Crippen LogP contribution in [0.4, 0.5) is 0 Å². The topological polar surface area (TPSA) is 72.9 Å². The van der Waals surface area contributed by atoms with E-state index in [9.17, 15) is 4.79 Å². The number of aryl methyl sites for hydroxylation is 2. The quantitative estimate of drug-likeness (QED) is 0.820. The van der Waals surface area contributed by atoms with Gasteiger partial charge in [0.1, 0.15) is 0 Å². The van der Waals surface area contributed by atoms with Gasteiger partial charge in [-0.1, -0.05) is 11.6 Å². The minimum absolute atomic E-state index is 0.400.